The summed E-state index contributed by atoms with van der Waals surface area (Å²) >= 11 is 2.08. The van der Waals surface area contributed by atoms with Crippen molar-refractivity contribution in [2.24, 2.45) is 0 Å². The van der Waals surface area contributed by atoms with Crippen molar-refractivity contribution < 1.29 is 0 Å². The van der Waals surface area contributed by atoms with Gasteiger partial charge in [0.2, 0.25) is 0 Å². The van der Waals surface area contributed by atoms with E-state index in [1.54, 1.807) is 0 Å². The van der Waals surface area contributed by atoms with Crippen molar-refractivity contribution >= 4 is 11.8 Å². The summed E-state index contributed by atoms with van der Waals surface area (Å²) in [5, 5.41) is 4.15. The molecular formula is C16H27N3S. The summed E-state index contributed by atoms with van der Waals surface area (Å²) in [6.07, 6.45) is 0. The van der Waals surface area contributed by atoms with Gasteiger partial charge in [-0.05, 0) is 19.1 Å². The van der Waals surface area contributed by atoms with Crippen molar-refractivity contribution in [1.29, 1.82) is 0 Å². The Morgan fingerprint density at radius 3 is 2.85 bits per heavy atom. The van der Waals surface area contributed by atoms with E-state index in [-0.39, 0.29) is 0 Å². The molecule has 2 unspecified atom stereocenters. The zero-order chi connectivity index (χ0) is 14.5. The first-order valence-electron chi connectivity index (χ1n) is 7.60. The van der Waals surface area contributed by atoms with Crippen LogP contribution in [0.2, 0.25) is 0 Å². The van der Waals surface area contributed by atoms with Crippen LogP contribution in [-0.4, -0.2) is 39.5 Å². The fourth-order valence-corrected chi connectivity index (χ4v) is 3.61. The Kier molecular flexibility index (Phi) is 5.87. The van der Waals surface area contributed by atoms with Gasteiger partial charge in [-0.15, -0.1) is 0 Å². The van der Waals surface area contributed by atoms with Crippen LogP contribution in [0.5, 0.6) is 0 Å². The van der Waals surface area contributed by atoms with Gasteiger partial charge in [0.05, 0.1) is 11.4 Å². The fourth-order valence-electron chi connectivity index (χ4n) is 2.45. The van der Waals surface area contributed by atoms with Crippen molar-refractivity contribution in [2.45, 2.75) is 58.1 Å². The highest BCUT2D eigenvalue weighted by molar-refractivity contribution is 8.00. The number of aromatic nitrogens is 1. The van der Waals surface area contributed by atoms with E-state index in [0.29, 0.717) is 12.1 Å². The minimum atomic E-state index is 0.500. The smallest absolute Gasteiger partial charge is 0.0547 e. The lowest BCUT2D eigenvalue weighted by Gasteiger charge is -2.37. The van der Waals surface area contributed by atoms with Crippen LogP contribution in [0, 0.1) is 0 Å². The second-order valence-electron chi connectivity index (χ2n) is 5.94. The van der Waals surface area contributed by atoms with Crippen LogP contribution in [0.4, 0.5) is 0 Å². The highest BCUT2D eigenvalue weighted by Crippen LogP contribution is 2.25. The van der Waals surface area contributed by atoms with Crippen LogP contribution in [0.15, 0.2) is 18.2 Å². The van der Waals surface area contributed by atoms with E-state index in [9.17, 15) is 0 Å². The molecule has 0 spiro atoms. The number of pyridine rings is 1. The third kappa shape index (κ3) is 4.47. The van der Waals surface area contributed by atoms with Crippen LogP contribution < -0.4 is 5.32 Å². The van der Waals surface area contributed by atoms with Crippen molar-refractivity contribution in [1.82, 2.24) is 15.2 Å². The van der Waals surface area contributed by atoms with E-state index in [1.165, 1.54) is 18.0 Å². The molecule has 1 aromatic heterocycles. The maximum absolute atomic E-state index is 4.79. The average molecular weight is 293 g/mol. The highest BCUT2D eigenvalue weighted by atomic mass is 32.2. The van der Waals surface area contributed by atoms with Gasteiger partial charge in [-0.1, -0.05) is 26.8 Å². The van der Waals surface area contributed by atoms with Gasteiger partial charge in [0.1, 0.15) is 0 Å². The molecule has 1 aromatic rings. The van der Waals surface area contributed by atoms with Crippen LogP contribution in [-0.2, 0) is 13.1 Å². The molecule has 1 fully saturated rings. The summed E-state index contributed by atoms with van der Waals surface area (Å²) in [6.45, 7) is 12.0. The molecule has 1 saturated heterocycles. The zero-order valence-electron chi connectivity index (χ0n) is 13.1. The predicted octanol–water partition coefficient (Wildman–Crippen LogP) is 2.91. The minimum Gasteiger partial charge on any atom is -0.309 e. The molecule has 0 saturated carbocycles. The first-order valence-corrected chi connectivity index (χ1v) is 8.65. The van der Waals surface area contributed by atoms with Gasteiger partial charge in [-0.3, -0.25) is 9.88 Å². The Labute approximate surface area is 127 Å². The summed E-state index contributed by atoms with van der Waals surface area (Å²) < 4.78 is 0. The molecule has 1 aliphatic rings. The van der Waals surface area contributed by atoms with Crippen LogP contribution >= 0.6 is 11.8 Å². The number of nitrogens with one attached hydrogen (secondary N) is 1. The third-order valence-corrected chi connectivity index (χ3v) is 5.27. The molecule has 3 nitrogen and oxygen atoms in total. The van der Waals surface area contributed by atoms with Crippen LogP contribution in [0.25, 0.3) is 0 Å². The zero-order valence-corrected chi connectivity index (χ0v) is 13.9. The molecule has 20 heavy (non-hydrogen) atoms. The van der Waals surface area contributed by atoms with Gasteiger partial charge in [-0.25, -0.2) is 0 Å². The Hall–Kier alpha value is -0.580. The number of hydrogen-bond donors (Lipinski definition) is 1. The number of thioether (sulfide) groups is 1. The summed E-state index contributed by atoms with van der Waals surface area (Å²) in [6, 6.07) is 7.52. The Balaban J connectivity index is 1.96. The normalized spacial score (nSPS) is 24.2. The van der Waals surface area contributed by atoms with Crippen LogP contribution in [0.1, 0.15) is 39.1 Å². The van der Waals surface area contributed by atoms with E-state index >= 15 is 0 Å². The molecule has 2 rings (SSSR count). The average Bonchev–Trinajstić information content (AvgIpc) is 2.42. The number of hydrogen-bond acceptors (Lipinski definition) is 4. The number of nitrogens with zero attached hydrogens (tertiary/aromatic N) is 2. The molecule has 0 aliphatic carbocycles. The van der Waals surface area contributed by atoms with Gasteiger partial charge in [0.25, 0.3) is 0 Å². The van der Waals surface area contributed by atoms with Gasteiger partial charge in [0, 0.05) is 42.7 Å². The van der Waals surface area contributed by atoms with Crippen molar-refractivity contribution in [2.75, 3.05) is 12.3 Å². The molecule has 1 N–H and O–H groups in total. The quantitative estimate of drug-likeness (QED) is 0.903. The lowest BCUT2D eigenvalue weighted by molar-refractivity contribution is 0.202. The van der Waals surface area contributed by atoms with Crippen molar-refractivity contribution in [3.05, 3.63) is 29.6 Å². The lowest BCUT2D eigenvalue weighted by Crippen LogP contribution is -2.44. The monoisotopic (exact) mass is 293 g/mol. The minimum absolute atomic E-state index is 0.500. The van der Waals surface area contributed by atoms with E-state index < -0.39 is 0 Å². The molecule has 0 amide bonds. The second kappa shape index (κ2) is 7.43. The molecule has 2 heterocycles. The Morgan fingerprint density at radius 1 is 1.35 bits per heavy atom. The van der Waals surface area contributed by atoms with Crippen molar-refractivity contribution in [3.63, 3.8) is 0 Å². The molecule has 4 heteroatoms. The first kappa shape index (κ1) is 15.8. The summed E-state index contributed by atoms with van der Waals surface area (Å²) in [7, 11) is 0. The Morgan fingerprint density at radius 2 is 2.10 bits per heavy atom. The van der Waals surface area contributed by atoms with E-state index in [4.69, 9.17) is 4.98 Å². The molecule has 2 atom stereocenters. The van der Waals surface area contributed by atoms with E-state index in [2.05, 4.69) is 67.9 Å². The van der Waals surface area contributed by atoms with Crippen molar-refractivity contribution in [3.8, 4) is 0 Å². The van der Waals surface area contributed by atoms with Gasteiger partial charge < -0.3 is 5.32 Å². The largest absolute Gasteiger partial charge is 0.309 e. The summed E-state index contributed by atoms with van der Waals surface area (Å²) in [5.41, 5.74) is 2.34. The standard InChI is InChI=1S/C16H27N3S/c1-12(2)17-10-15-6-5-7-16(18-15)11-19-8-9-20-14(4)13(19)3/h5-7,12-14,17H,8-11H2,1-4H3. The first-order chi connectivity index (χ1) is 9.56. The molecule has 0 bridgehead atoms. The Bertz CT molecular complexity index is 422. The predicted molar refractivity (Wildman–Crippen MR) is 88.0 cm³/mol. The maximum atomic E-state index is 4.79. The van der Waals surface area contributed by atoms with Gasteiger partial charge in [-0.2, -0.15) is 11.8 Å². The molecule has 1 aliphatic heterocycles. The molecular weight excluding hydrogens is 266 g/mol. The van der Waals surface area contributed by atoms with Gasteiger partial charge in [0.15, 0.2) is 0 Å². The van der Waals surface area contributed by atoms with Gasteiger partial charge >= 0.3 is 0 Å². The molecule has 112 valence electrons. The number of rotatable bonds is 5. The second-order valence-corrected chi connectivity index (χ2v) is 7.43. The summed E-state index contributed by atoms with van der Waals surface area (Å²) in [5.74, 6) is 1.24. The van der Waals surface area contributed by atoms with E-state index in [0.717, 1.165) is 24.0 Å². The summed E-state index contributed by atoms with van der Waals surface area (Å²) in [4.78, 5) is 7.35. The molecule has 0 aromatic carbocycles. The lowest BCUT2D eigenvalue weighted by atomic mass is 10.2. The third-order valence-electron chi connectivity index (χ3n) is 3.94. The SMILES string of the molecule is CC(C)NCc1cccc(CN2CCSC(C)C2C)n1. The van der Waals surface area contributed by atoms with E-state index in [1.807, 2.05) is 0 Å². The maximum Gasteiger partial charge on any atom is 0.0547 e. The van der Waals surface area contributed by atoms with Crippen LogP contribution in [0.3, 0.4) is 0 Å². The topological polar surface area (TPSA) is 28.2 Å². The fraction of sp³-hybridized carbons (Fsp3) is 0.688. The molecule has 0 radical (unpaired) electrons. The highest BCUT2D eigenvalue weighted by Gasteiger charge is 2.25.